The summed E-state index contributed by atoms with van der Waals surface area (Å²) in [5.74, 6) is 0. The summed E-state index contributed by atoms with van der Waals surface area (Å²) in [7, 11) is 0. The van der Waals surface area contributed by atoms with Crippen LogP contribution in [0, 0.1) is 0 Å². The average Bonchev–Trinajstić information content (AvgIpc) is 3.13. The molecule has 4 rings (SSSR count). The van der Waals surface area contributed by atoms with Gasteiger partial charge in [-0.3, -0.25) is 4.98 Å². The molecule has 2 aromatic heterocycles. The van der Waals surface area contributed by atoms with E-state index in [1.807, 2.05) is 30.3 Å². The zero-order valence-electron chi connectivity index (χ0n) is 15.8. The lowest BCUT2D eigenvalue weighted by atomic mass is 10.1. The average molecular weight is 372 g/mol. The van der Waals surface area contributed by atoms with Gasteiger partial charge in [0.2, 0.25) is 0 Å². The Morgan fingerprint density at radius 3 is 2.61 bits per heavy atom. The van der Waals surface area contributed by atoms with Gasteiger partial charge in [0.05, 0.1) is 11.8 Å². The standard InChI is InChI=1S/C23H24N4O/c1-16(28)23-14-20(11-13-25-23)27-19-8-6-18(7-9-19)24-12-10-17-15-26-22-5-3-2-4-21(17)22/h2-9,11,13-16,24,26,28H,10,12H2,1H3,(H,25,27)/t16-/m0/s1. The summed E-state index contributed by atoms with van der Waals surface area (Å²) in [5, 5.41) is 17.8. The molecule has 0 bridgehead atoms. The lowest BCUT2D eigenvalue weighted by Crippen LogP contribution is -2.04. The highest BCUT2D eigenvalue weighted by molar-refractivity contribution is 5.83. The Hall–Kier alpha value is -3.31. The van der Waals surface area contributed by atoms with Crippen molar-refractivity contribution in [1.82, 2.24) is 9.97 Å². The van der Waals surface area contributed by atoms with Crippen LogP contribution in [0.15, 0.2) is 73.1 Å². The third-order valence-electron chi connectivity index (χ3n) is 4.78. The molecule has 28 heavy (non-hydrogen) atoms. The highest BCUT2D eigenvalue weighted by atomic mass is 16.3. The van der Waals surface area contributed by atoms with Gasteiger partial charge < -0.3 is 20.7 Å². The molecule has 4 N–H and O–H groups in total. The number of hydrogen-bond acceptors (Lipinski definition) is 4. The molecule has 0 spiro atoms. The van der Waals surface area contributed by atoms with E-state index < -0.39 is 6.10 Å². The Bertz CT molecular complexity index is 1050. The van der Waals surface area contributed by atoms with E-state index in [0.717, 1.165) is 30.0 Å². The van der Waals surface area contributed by atoms with Crippen LogP contribution in [0.5, 0.6) is 0 Å². The number of nitrogens with one attached hydrogen (secondary N) is 3. The molecule has 2 aromatic carbocycles. The molecule has 142 valence electrons. The van der Waals surface area contributed by atoms with Crippen LogP contribution < -0.4 is 10.6 Å². The molecule has 2 heterocycles. The van der Waals surface area contributed by atoms with E-state index in [0.29, 0.717) is 5.69 Å². The molecular formula is C23H24N4O. The number of aliphatic hydroxyl groups is 1. The third-order valence-corrected chi connectivity index (χ3v) is 4.78. The smallest absolute Gasteiger partial charge is 0.0932 e. The van der Waals surface area contributed by atoms with Gasteiger partial charge in [0.15, 0.2) is 0 Å². The topological polar surface area (TPSA) is 73.0 Å². The number of aromatic nitrogens is 2. The first-order valence-electron chi connectivity index (χ1n) is 9.49. The molecule has 0 unspecified atom stereocenters. The maximum atomic E-state index is 9.66. The van der Waals surface area contributed by atoms with Crippen molar-refractivity contribution < 1.29 is 5.11 Å². The molecule has 0 aliphatic heterocycles. The Morgan fingerprint density at radius 1 is 1.00 bits per heavy atom. The van der Waals surface area contributed by atoms with Crippen molar-refractivity contribution in [2.45, 2.75) is 19.4 Å². The first kappa shape index (κ1) is 18.1. The fraction of sp³-hybridized carbons (Fsp3) is 0.174. The zero-order valence-corrected chi connectivity index (χ0v) is 15.8. The van der Waals surface area contributed by atoms with Crippen molar-refractivity contribution in [3.05, 3.63) is 84.3 Å². The van der Waals surface area contributed by atoms with Gasteiger partial charge in [-0.25, -0.2) is 0 Å². The largest absolute Gasteiger partial charge is 0.387 e. The molecule has 0 amide bonds. The number of fused-ring (bicyclic) bond motifs is 1. The lowest BCUT2D eigenvalue weighted by molar-refractivity contribution is 0.194. The van der Waals surface area contributed by atoms with Gasteiger partial charge in [-0.05, 0) is 61.4 Å². The fourth-order valence-electron chi connectivity index (χ4n) is 3.27. The molecule has 0 saturated carbocycles. The minimum absolute atomic E-state index is 0.578. The number of anilines is 3. The SMILES string of the molecule is C[C@H](O)c1cc(Nc2ccc(NCCc3c[nH]c4ccccc34)cc2)ccn1. The molecule has 1 atom stereocenters. The van der Waals surface area contributed by atoms with Crippen molar-refractivity contribution in [2.75, 3.05) is 17.2 Å². The number of benzene rings is 2. The number of H-pyrrole nitrogens is 1. The van der Waals surface area contributed by atoms with Gasteiger partial charge in [-0.15, -0.1) is 0 Å². The quantitative estimate of drug-likeness (QED) is 0.368. The second kappa shape index (κ2) is 8.15. The van der Waals surface area contributed by atoms with E-state index >= 15 is 0 Å². The zero-order chi connectivity index (χ0) is 19.3. The Morgan fingerprint density at radius 2 is 1.79 bits per heavy atom. The normalized spacial score (nSPS) is 12.1. The molecule has 5 nitrogen and oxygen atoms in total. The Balaban J connectivity index is 1.34. The number of nitrogens with zero attached hydrogens (tertiary/aromatic N) is 1. The maximum absolute atomic E-state index is 9.66. The van der Waals surface area contributed by atoms with Crippen LogP contribution in [0.1, 0.15) is 24.3 Å². The van der Waals surface area contributed by atoms with Crippen LogP contribution in [0.3, 0.4) is 0 Å². The van der Waals surface area contributed by atoms with Crippen LogP contribution in [-0.2, 0) is 6.42 Å². The highest BCUT2D eigenvalue weighted by Gasteiger charge is 2.04. The Labute approximate surface area is 164 Å². The second-order valence-electron chi connectivity index (χ2n) is 6.88. The van der Waals surface area contributed by atoms with Crippen LogP contribution in [0.4, 0.5) is 17.1 Å². The number of hydrogen-bond donors (Lipinski definition) is 4. The number of pyridine rings is 1. The predicted octanol–water partition coefficient (Wildman–Crippen LogP) is 5.01. The molecule has 0 aliphatic rings. The van der Waals surface area contributed by atoms with Gasteiger partial charge in [0, 0.05) is 46.9 Å². The van der Waals surface area contributed by atoms with E-state index in [-0.39, 0.29) is 0 Å². The summed E-state index contributed by atoms with van der Waals surface area (Å²) in [6, 6.07) is 20.3. The first-order valence-corrected chi connectivity index (χ1v) is 9.49. The number of aromatic amines is 1. The summed E-state index contributed by atoms with van der Waals surface area (Å²) in [5.41, 5.74) is 6.15. The third kappa shape index (κ3) is 4.15. The molecule has 0 radical (unpaired) electrons. The van der Waals surface area contributed by atoms with Crippen molar-refractivity contribution in [1.29, 1.82) is 0 Å². The van der Waals surface area contributed by atoms with E-state index in [1.54, 1.807) is 13.1 Å². The van der Waals surface area contributed by atoms with Crippen molar-refractivity contribution in [2.24, 2.45) is 0 Å². The monoisotopic (exact) mass is 372 g/mol. The molecule has 0 fully saturated rings. The summed E-state index contributed by atoms with van der Waals surface area (Å²) < 4.78 is 0. The molecule has 0 aliphatic carbocycles. The van der Waals surface area contributed by atoms with Crippen LogP contribution in [-0.4, -0.2) is 21.6 Å². The van der Waals surface area contributed by atoms with E-state index in [4.69, 9.17) is 0 Å². The van der Waals surface area contributed by atoms with Crippen LogP contribution in [0.2, 0.25) is 0 Å². The maximum Gasteiger partial charge on any atom is 0.0932 e. The summed E-state index contributed by atoms with van der Waals surface area (Å²) in [4.78, 5) is 7.49. The minimum atomic E-state index is -0.578. The van der Waals surface area contributed by atoms with Gasteiger partial charge in [0.1, 0.15) is 0 Å². The number of aliphatic hydroxyl groups excluding tert-OH is 1. The van der Waals surface area contributed by atoms with E-state index in [2.05, 4.69) is 57.1 Å². The lowest BCUT2D eigenvalue weighted by Gasteiger charge is -2.11. The Kier molecular flexibility index (Phi) is 5.26. The summed E-state index contributed by atoms with van der Waals surface area (Å²) in [6.45, 7) is 2.58. The van der Waals surface area contributed by atoms with Gasteiger partial charge >= 0.3 is 0 Å². The van der Waals surface area contributed by atoms with Gasteiger partial charge in [-0.1, -0.05) is 18.2 Å². The van der Waals surface area contributed by atoms with Gasteiger partial charge in [0.25, 0.3) is 0 Å². The van der Waals surface area contributed by atoms with Crippen LogP contribution >= 0.6 is 0 Å². The molecule has 4 aromatic rings. The van der Waals surface area contributed by atoms with Crippen LogP contribution in [0.25, 0.3) is 10.9 Å². The first-order chi connectivity index (χ1) is 13.7. The number of rotatable bonds is 7. The second-order valence-corrected chi connectivity index (χ2v) is 6.88. The minimum Gasteiger partial charge on any atom is -0.387 e. The van der Waals surface area contributed by atoms with E-state index in [9.17, 15) is 5.11 Å². The van der Waals surface area contributed by atoms with Crippen molar-refractivity contribution in [3.8, 4) is 0 Å². The highest BCUT2D eigenvalue weighted by Crippen LogP contribution is 2.22. The van der Waals surface area contributed by atoms with Crippen molar-refractivity contribution >= 4 is 28.0 Å². The summed E-state index contributed by atoms with van der Waals surface area (Å²) >= 11 is 0. The van der Waals surface area contributed by atoms with E-state index in [1.165, 1.54) is 16.5 Å². The fourth-order valence-corrected chi connectivity index (χ4v) is 3.27. The summed E-state index contributed by atoms with van der Waals surface area (Å²) in [6.07, 6.45) is 4.18. The van der Waals surface area contributed by atoms with Gasteiger partial charge in [-0.2, -0.15) is 0 Å². The van der Waals surface area contributed by atoms with Crippen molar-refractivity contribution in [3.63, 3.8) is 0 Å². The molecule has 5 heteroatoms. The predicted molar refractivity (Wildman–Crippen MR) is 115 cm³/mol. The molecule has 0 saturated heterocycles. The molecular weight excluding hydrogens is 348 g/mol. The number of para-hydroxylation sites is 1.